The second kappa shape index (κ2) is 7.26. The van der Waals surface area contributed by atoms with E-state index in [2.05, 4.69) is 20.4 Å². The molecule has 3 aromatic heterocycles. The summed E-state index contributed by atoms with van der Waals surface area (Å²) in [6.07, 6.45) is 9.24. The molecule has 1 saturated carbocycles. The topological polar surface area (TPSA) is 115 Å². The maximum atomic E-state index is 13.1. The van der Waals surface area contributed by atoms with Gasteiger partial charge in [0, 0.05) is 36.7 Å². The fraction of sp³-hybridized carbons (Fsp3) is 0.316. The summed E-state index contributed by atoms with van der Waals surface area (Å²) in [6, 6.07) is 3.37. The molecule has 3 heterocycles. The first kappa shape index (κ1) is 17.9. The number of aromatic nitrogens is 5. The summed E-state index contributed by atoms with van der Waals surface area (Å²) in [5.74, 6) is 0.835. The highest BCUT2D eigenvalue weighted by atomic mass is 16.2. The van der Waals surface area contributed by atoms with Gasteiger partial charge in [0.25, 0.3) is 0 Å². The van der Waals surface area contributed by atoms with E-state index in [9.17, 15) is 4.79 Å². The summed E-state index contributed by atoms with van der Waals surface area (Å²) in [5.41, 5.74) is 9.30. The molecule has 0 aromatic carbocycles. The van der Waals surface area contributed by atoms with Gasteiger partial charge in [-0.3, -0.25) is 19.9 Å². The molecule has 9 heteroatoms. The molecule has 144 valence electrons. The van der Waals surface area contributed by atoms with Crippen LogP contribution in [0.3, 0.4) is 0 Å². The molecule has 0 atom stereocenters. The van der Waals surface area contributed by atoms with Crippen LogP contribution in [0, 0.1) is 6.92 Å². The number of nitrogens with zero attached hydrogens (tertiary/aromatic N) is 6. The molecule has 0 bridgehead atoms. The van der Waals surface area contributed by atoms with Crippen LogP contribution >= 0.6 is 0 Å². The lowest BCUT2D eigenvalue weighted by Gasteiger charge is -2.37. The van der Waals surface area contributed by atoms with Gasteiger partial charge in [0.05, 0.1) is 23.8 Å². The van der Waals surface area contributed by atoms with Crippen molar-refractivity contribution >= 4 is 23.4 Å². The van der Waals surface area contributed by atoms with E-state index < -0.39 is 0 Å². The van der Waals surface area contributed by atoms with Crippen molar-refractivity contribution in [3.05, 3.63) is 42.6 Å². The first-order chi connectivity index (χ1) is 13.5. The summed E-state index contributed by atoms with van der Waals surface area (Å²) >= 11 is 0. The van der Waals surface area contributed by atoms with Crippen molar-refractivity contribution in [3.8, 4) is 11.3 Å². The van der Waals surface area contributed by atoms with Crippen LogP contribution in [0.1, 0.15) is 25.0 Å². The Bertz CT molecular complexity index is 996. The maximum absolute atomic E-state index is 13.1. The summed E-state index contributed by atoms with van der Waals surface area (Å²) < 4.78 is 1.79. The van der Waals surface area contributed by atoms with Gasteiger partial charge >= 0.3 is 6.03 Å². The van der Waals surface area contributed by atoms with Crippen LogP contribution in [-0.4, -0.2) is 36.8 Å². The standard InChI is InChI=1S/C19H22N8O/c1-12-14(10-23-26(12)2)16-7-6-15(20)18(24-16)27(13-4-3-5-13)19(28)25-17-11-21-8-9-22-17/h6-11,13H,3-5,20H2,1-2H3,(H,22,25,28). The van der Waals surface area contributed by atoms with Gasteiger partial charge in [-0.15, -0.1) is 0 Å². The molecular formula is C19H22N8O. The Hall–Kier alpha value is -3.49. The van der Waals surface area contributed by atoms with Crippen LogP contribution in [0.5, 0.6) is 0 Å². The van der Waals surface area contributed by atoms with Crippen molar-refractivity contribution < 1.29 is 4.79 Å². The number of nitrogen functional groups attached to an aromatic ring is 1. The molecule has 0 saturated heterocycles. The molecule has 1 aliphatic carbocycles. The number of hydrogen-bond acceptors (Lipinski definition) is 6. The van der Waals surface area contributed by atoms with Crippen LogP contribution < -0.4 is 16.0 Å². The zero-order valence-corrected chi connectivity index (χ0v) is 15.8. The van der Waals surface area contributed by atoms with Crippen LogP contribution in [-0.2, 0) is 7.05 Å². The third-order valence-electron chi connectivity index (χ3n) is 5.10. The van der Waals surface area contributed by atoms with Gasteiger partial charge in [0.2, 0.25) is 0 Å². The first-order valence-electron chi connectivity index (χ1n) is 9.16. The Morgan fingerprint density at radius 1 is 1.29 bits per heavy atom. The van der Waals surface area contributed by atoms with Gasteiger partial charge in [-0.1, -0.05) is 0 Å². The third-order valence-corrected chi connectivity index (χ3v) is 5.10. The Balaban J connectivity index is 1.71. The monoisotopic (exact) mass is 378 g/mol. The van der Waals surface area contributed by atoms with Crippen LogP contribution in [0.2, 0.25) is 0 Å². The fourth-order valence-corrected chi connectivity index (χ4v) is 3.17. The largest absolute Gasteiger partial charge is 0.396 e. The van der Waals surface area contributed by atoms with Gasteiger partial charge in [-0.2, -0.15) is 5.10 Å². The van der Waals surface area contributed by atoms with E-state index in [1.165, 1.54) is 12.4 Å². The third kappa shape index (κ3) is 3.26. The number of nitrogens with one attached hydrogen (secondary N) is 1. The molecule has 1 aliphatic rings. The Morgan fingerprint density at radius 3 is 2.71 bits per heavy atom. The van der Waals surface area contributed by atoms with E-state index >= 15 is 0 Å². The lowest BCUT2D eigenvalue weighted by molar-refractivity contribution is 0.249. The number of carbonyl (C=O) groups excluding carboxylic acids is 1. The van der Waals surface area contributed by atoms with Crippen molar-refractivity contribution in [2.75, 3.05) is 16.0 Å². The molecule has 3 N–H and O–H groups in total. The number of hydrogen-bond donors (Lipinski definition) is 2. The van der Waals surface area contributed by atoms with E-state index in [-0.39, 0.29) is 12.1 Å². The SMILES string of the molecule is Cc1c(-c2ccc(N)c(N(C(=O)Nc3cnccn3)C3CCC3)n2)cnn1C. The molecule has 2 amide bonds. The normalized spacial score (nSPS) is 13.8. The van der Waals surface area contributed by atoms with E-state index in [1.807, 2.05) is 20.0 Å². The highest BCUT2D eigenvalue weighted by Crippen LogP contribution is 2.34. The number of rotatable bonds is 4. The molecule has 0 spiro atoms. The van der Waals surface area contributed by atoms with Crippen molar-refractivity contribution in [3.63, 3.8) is 0 Å². The molecule has 28 heavy (non-hydrogen) atoms. The molecule has 4 rings (SSSR count). The highest BCUT2D eigenvalue weighted by Gasteiger charge is 2.33. The van der Waals surface area contributed by atoms with Gasteiger partial charge in [0.15, 0.2) is 11.6 Å². The van der Waals surface area contributed by atoms with Gasteiger partial charge < -0.3 is 5.73 Å². The zero-order valence-electron chi connectivity index (χ0n) is 15.8. The smallest absolute Gasteiger partial charge is 0.329 e. The number of carbonyl (C=O) groups is 1. The van der Waals surface area contributed by atoms with E-state index in [0.717, 1.165) is 36.2 Å². The lowest BCUT2D eigenvalue weighted by atomic mass is 9.91. The van der Waals surface area contributed by atoms with Crippen molar-refractivity contribution in [1.29, 1.82) is 0 Å². The molecule has 0 aliphatic heterocycles. The Kier molecular flexibility index (Phi) is 4.64. The summed E-state index contributed by atoms with van der Waals surface area (Å²) in [6.45, 7) is 1.98. The summed E-state index contributed by atoms with van der Waals surface area (Å²) in [5, 5.41) is 7.07. The molecule has 1 fully saturated rings. The maximum Gasteiger partial charge on any atom is 0.329 e. The Labute approximate surface area is 162 Å². The predicted octanol–water partition coefficient (Wildman–Crippen LogP) is 2.75. The minimum absolute atomic E-state index is 0.0525. The van der Waals surface area contributed by atoms with Crippen LogP contribution in [0.25, 0.3) is 11.3 Å². The molecule has 9 nitrogen and oxygen atoms in total. The van der Waals surface area contributed by atoms with E-state index in [0.29, 0.717) is 17.3 Å². The molecule has 0 unspecified atom stereocenters. The Morgan fingerprint density at radius 2 is 2.11 bits per heavy atom. The van der Waals surface area contributed by atoms with Crippen molar-refractivity contribution in [1.82, 2.24) is 24.7 Å². The van der Waals surface area contributed by atoms with Gasteiger partial charge in [0.1, 0.15) is 0 Å². The van der Waals surface area contributed by atoms with Crippen LogP contribution in [0.15, 0.2) is 36.9 Å². The molecule has 0 radical (unpaired) electrons. The second-order valence-corrected chi connectivity index (χ2v) is 6.85. The number of amides is 2. The van der Waals surface area contributed by atoms with E-state index in [4.69, 9.17) is 10.7 Å². The molecular weight excluding hydrogens is 356 g/mol. The minimum Gasteiger partial charge on any atom is -0.396 e. The zero-order chi connectivity index (χ0) is 19.7. The minimum atomic E-state index is -0.315. The lowest BCUT2D eigenvalue weighted by Crippen LogP contribution is -2.47. The van der Waals surface area contributed by atoms with E-state index in [1.54, 1.807) is 28.0 Å². The molecule has 3 aromatic rings. The summed E-state index contributed by atoms with van der Waals surface area (Å²) in [4.78, 5) is 27.5. The summed E-state index contributed by atoms with van der Waals surface area (Å²) in [7, 11) is 1.88. The number of anilines is 3. The number of pyridine rings is 1. The number of urea groups is 1. The van der Waals surface area contributed by atoms with Crippen LogP contribution in [0.4, 0.5) is 22.1 Å². The number of aryl methyl sites for hydroxylation is 1. The quantitative estimate of drug-likeness (QED) is 0.721. The van der Waals surface area contributed by atoms with Gasteiger partial charge in [-0.25, -0.2) is 14.8 Å². The van der Waals surface area contributed by atoms with Crippen molar-refractivity contribution in [2.45, 2.75) is 32.2 Å². The predicted molar refractivity (Wildman–Crippen MR) is 107 cm³/mol. The fourth-order valence-electron chi connectivity index (χ4n) is 3.17. The highest BCUT2D eigenvalue weighted by molar-refractivity contribution is 6.03. The van der Waals surface area contributed by atoms with Crippen molar-refractivity contribution in [2.24, 2.45) is 7.05 Å². The van der Waals surface area contributed by atoms with Gasteiger partial charge in [-0.05, 0) is 38.3 Å². The number of nitrogens with two attached hydrogens (primary N) is 1. The average molecular weight is 378 g/mol. The average Bonchev–Trinajstić information content (AvgIpc) is 2.98. The second-order valence-electron chi connectivity index (χ2n) is 6.85. The first-order valence-corrected chi connectivity index (χ1v) is 9.16.